The summed E-state index contributed by atoms with van der Waals surface area (Å²) >= 11 is 0. The van der Waals surface area contributed by atoms with Crippen LogP contribution in [0.5, 0.6) is 0 Å². The molecular formula is C10H7N3O4. The van der Waals surface area contributed by atoms with Crippen molar-refractivity contribution in [1.29, 1.82) is 0 Å². The van der Waals surface area contributed by atoms with Crippen LogP contribution < -0.4 is 10.6 Å². The fourth-order valence-corrected chi connectivity index (χ4v) is 1.41. The molecule has 1 fully saturated rings. The number of hydrogen-bond acceptors (Lipinski definition) is 4. The summed E-state index contributed by atoms with van der Waals surface area (Å²) in [6, 6.07) is 5.30. The van der Waals surface area contributed by atoms with Gasteiger partial charge in [-0.1, -0.05) is 12.1 Å². The van der Waals surface area contributed by atoms with E-state index in [9.17, 15) is 19.7 Å². The lowest BCUT2D eigenvalue weighted by Gasteiger charge is -1.97. The lowest BCUT2D eigenvalue weighted by molar-refractivity contribution is -0.385. The molecule has 1 saturated heterocycles. The second-order valence-corrected chi connectivity index (χ2v) is 3.28. The normalized spacial score (nSPS) is 16.8. The molecule has 2 rings (SSSR count). The van der Waals surface area contributed by atoms with E-state index < -0.39 is 16.9 Å². The number of nitro groups is 1. The van der Waals surface area contributed by atoms with Gasteiger partial charge in [-0.2, -0.15) is 0 Å². The summed E-state index contributed by atoms with van der Waals surface area (Å²) in [6.07, 6.45) is 1.26. The number of imide groups is 1. The second kappa shape index (κ2) is 4.05. The first-order valence-corrected chi connectivity index (χ1v) is 4.65. The summed E-state index contributed by atoms with van der Waals surface area (Å²) in [5.41, 5.74) is 0.114. The highest BCUT2D eigenvalue weighted by atomic mass is 16.6. The predicted octanol–water partition coefficient (Wildman–Crippen LogP) is 0.775. The molecule has 1 aromatic rings. The Hall–Kier alpha value is -2.70. The molecule has 0 radical (unpaired) electrons. The van der Waals surface area contributed by atoms with Crippen molar-refractivity contribution in [2.24, 2.45) is 0 Å². The average molecular weight is 233 g/mol. The van der Waals surface area contributed by atoms with Crippen molar-refractivity contribution in [2.75, 3.05) is 0 Å². The first kappa shape index (κ1) is 10.8. The molecule has 0 bridgehead atoms. The molecule has 0 atom stereocenters. The number of rotatable bonds is 2. The van der Waals surface area contributed by atoms with E-state index in [4.69, 9.17) is 0 Å². The maximum absolute atomic E-state index is 11.2. The zero-order valence-corrected chi connectivity index (χ0v) is 8.47. The summed E-state index contributed by atoms with van der Waals surface area (Å²) < 4.78 is 0. The van der Waals surface area contributed by atoms with Crippen molar-refractivity contribution in [2.45, 2.75) is 0 Å². The molecule has 3 amide bonds. The Morgan fingerprint density at radius 1 is 1.18 bits per heavy atom. The van der Waals surface area contributed by atoms with Gasteiger partial charge in [-0.05, 0) is 12.1 Å². The highest BCUT2D eigenvalue weighted by molar-refractivity contribution is 6.14. The summed E-state index contributed by atoms with van der Waals surface area (Å²) in [5.74, 6) is -0.604. The Morgan fingerprint density at radius 2 is 1.88 bits per heavy atom. The van der Waals surface area contributed by atoms with Crippen molar-refractivity contribution < 1.29 is 14.5 Å². The van der Waals surface area contributed by atoms with Crippen LogP contribution in [-0.2, 0) is 4.79 Å². The number of nitrogens with zero attached hydrogens (tertiary/aromatic N) is 1. The number of carbonyl (C=O) groups excluding carboxylic acids is 2. The highest BCUT2D eigenvalue weighted by Gasteiger charge is 2.24. The molecule has 1 heterocycles. The van der Waals surface area contributed by atoms with Crippen molar-refractivity contribution in [3.63, 3.8) is 0 Å². The molecule has 0 aliphatic carbocycles. The fraction of sp³-hybridized carbons (Fsp3) is 0. The molecule has 1 aliphatic rings. The summed E-state index contributed by atoms with van der Waals surface area (Å²) in [4.78, 5) is 32.3. The van der Waals surface area contributed by atoms with Gasteiger partial charge in [0.2, 0.25) is 0 Å². The Kier molecular flexibility index (Phi) is 2.57. The zero-order chi connectivity index (χ0) is 12.4. The molecule has 7 nitrogen and oxygen atoms in total. The number of para-hydroxylation sites is 1. The number of nitrogens with one attached hydrogen (secondary N) is 2. The maximum atomic E-state index is 11.2. The van der Waals surface area contributed by atoms with Gasteiger partial charge in [0, 0.05) is 6.07 Å². The molecule has 0 unspecified atom stereocenters. The monoisotopic (exact) mass is 233 g/mol. The minimum Gasteiger partial charge on any atom is -0.303 e. The van der Waals surface area contributed by atoms with Crippen molar-refractivity contribution in [1.82, 2.24) is 10.6 Å². The van der Waals surface area contributed by atoms with Gasteiger partial charge in [0.25, 0.3) is 11.6 Å². The van der Waals surface area contributed by atoms with Gasteiger partial charge in [-0.15, -0.1) is 0 Å². The van der Waals surface area contributed by atoms with Crippen LogP contribution in [0.2, 0.25) is 0 Å². The van der Waals surface area contributed by atoms with Crippen LogP contribution in [0.3, 0.4) is 0 Å². The van der Waals surface area contributed by atoms with E-state index in [1.54, 1.807) is 6.07 Å². The lowest BCUT2D eigenvalue weighted by Crippen LogP contribution is -2.22. The van der Waals surface area contributed by atoms with E-state index >= 15 is 0 Å². The topological polar surface area (TPSA) is 101 Å². The summed E-state index contributed by atoms with van der Waals surface area (Å²) in [7, 11) is 0. The quantitative estimate of drug-likeness (QED) is 0.341. The van der Waals surface area contributed by atoms with Gasteiger partial charge in [0.05, 0.1) is 10.5 Å². The third kappa shape index (κ3) is 2.12. The van der Waals surface area contributed by atoms with Crippen LogP contribution in [0.25, 0.3) is 6.08 Å². The Balaban J connectivity index is 2.42. The largest absolute Gasteiger partial charge is 0.326 e. The molecule has 7 heteroatoms. The van der Waals surface area contributed by atoms with Gasteiger partial charge in [0.15, 0.2) is 0 Å². The molecule has 1 aromatic carbocycles. The van der Waals surface area contributed by atoms with Crippen LogP contribution in [0.1, 0.15) is 5.56 Å². The van der Waals surface area contributed by atoms with E-state index in [2.05, 4.69) is 5.32 Å². The lowest BCUT2D eigenvalue weighted by atomic mass is 10.1. The maximum Gasteiger partial charge on any atom is 0.326 e. The van der Waals surface area contributed by atoms with E-state index in [0.717, 1.165) is 0 Å². The molecule has 2 N–H and O–H groups in total. The zero-order valence-electron chi connectivity index (χ0n) is 8.47. The van der Waals surface area contributed by atoms with Crippen molar-refractivity contribution in [3.05, 3.63) is 45.6 Å². The Labute approximate surface area is 95.3 Å². The number of amides is 3. The van der Waals surface area contributed by atoms with Crippen LogP contribution in [0.15, 0.2) is 30.0 Å². The van der Waals surface area contributed by atoms with Crippen LogP contribution in [0.4, 0.5) is 10.5 Å². The van der Waals surface area contributed by atoms with E-state index in [0.29, 0.717) is 0 Å². The summed E-state index contributed by atoms with van der Waals surface area (Å²) in [5, 5.41) is 15.0. The fourth-order valence-electron chi connectivity index (χ4n) is 1.41. The highest BCUT2D eigenvalue weighted by Crippen LogP contribution is 2.20. The molecular weight excluding hydrogens is 226 g/mol. The Bertz CT molecular complexity index is 550. The number of benzene rings is 1. The van der Waals surface area contributed by atoms with Gasteiger partial charge in [-0.3, -0.25) is 20.2 Å². The standard InChI is InChI=1S/C10H7N3O4/c14-9-7(11-10(15)12-9)5-6-3-1-2-4-8(6)13(16)17/h1-5H,(H2,11,12,14,15)/b7-5+. The molecule has 0 aromatic heterocycles. The smallest absolute Gasteiger partial charge is 0.303 e. The van der Waals surface area contributed by atoms with Gasteiger partial charge >= 0.3 is 6.03 Å². The average Bonchev–Trinajstić information content (AvgIpc) is 2.58. The molecule has 0 spiro atoms. The molecule has 1 aliphatic heterocycles. The van der Waals surface area contributed by atoms with Crippen LogP contribution >= 0.6 is 0 Å². The minimum atomic E-state index is -0.639. The van der Waals surface area contributed by atoms with E-state index in [1.807, 2.05) is 5.32 Å². The first-order valence-electron chi connectivity index (χ1n) is 4.65. The molecule has 0 saturated carbocycles. The van der Waals surface area contributed by atoms with Crippen molar-refractivity contribution in [3.8, 4) is 0 Å². The van der Waals surface area contributed by atoms with Crippen LogP contribution in [-0.4, -0.2) is 16.9 Å². The second-order valence-electron chi connectivity index (χ2n) is 3.28. The molecule has 86 valence electrons. The third-order valence-corrected chi connectivity index (χ3v) is 2.15. The van der Waals surface area contributed by atoms with Gasteiger partial charge < -0.3 is 5.32 Å². The SMILES string of the molecule is O=C1NC(=O)/C(=C\c2ccccc2[N+](=O)[O-])N1. The van der Waals surface area contributed by atoms with E-state index in [-0.39, 0.29) is 16.9 Å². The molecule has 17 heavy (non-hydrogen) atoms. The van der Waals surface area contributed by atoms with Gasteiger partial charge in [-0.25, -0.2) is 4.79 Å². The predicted molar refractivity (Wildman–Crippen MR) is 57.7 cm³/mol. The first-order chi connectivity index (χ1) is 8.08. The van der Waals surface area contributed by atoms with Crippen molar-refractivity contribution >= 4 is 23.7 Å². The summed E-state index contributed by atoms with van der Waals surface area (Å²) in [6.45, 7) is 0. The van der Waals surface area contributed by atoms with E-state index in [1.165, 1.54) is 24.3 Å². The number of carbonyl (C=O) groups is 2. The number of urea groups is 1. The number of hydrogen-bond donors (Lipinski definition) is 2. The third-order valence-electron chi connectivity index (χ3n) is 2.15. The van der Waals surface area contributed by atoms with Crippen LogP contribution in [0, 0.1) is 10.1 Å². The Morgan fingerprint density at radius 3 is 2.47 bits per heavy atom. The number of nitro benzene ring substituents is 1. The minimum absolute atomic E-state index is 0.00991. The van der Waals surface area contributed by atoms with Gasteiger partial charge in [0.1, 0.15) is 5.70 Å².